The topological polar surface area (TPSA) is 135 Å². The van der Waals surface area contributed by atoms with Gasteiger partial charge in [-0.1, -0.05) is 39.7 Å². The fraction of sp³-hybridized carbons (Fsp3) is 0.167. The van der Waals surface area contributed by atoms with Gasteiger partial charge in [-0.15, -0.1) is 0 Å². The monoisotopic (exact) mass is 625 g/mol. The Balaban J connectivity index is 1.67. The highest BCUT2D eigenvalue weighted by molar-refractivity contribution is 9.10. The molecule has 3 aromatic rings. The van der Waals surface area contributed by atoms with Crippen LogP contribution in [-0.2, 0) is 36.1 Å². The van der Waals surface area contributed by atoms with E-state index in [1.165, 1.54) is 48.5 Å². The lowest BCUT2D eigenvalue weighted by Gasteiger charge is -2.27. The molecule has 194 valence electrons. The fourth-order valence-corrected chi connectivity index (χ4v) is 6.46. The van der Waals surface area contributed by atoms with Crippen molar-refractivity contribution < 1.29 is 26.4 Å². The molecule has 0 aliphatic carbocycles. The molecule has 0 saturated carbocycles. The van der Waals surface area contributed by atoms with Gasteiger partial charge in [-0.2, -0.15) is 4.31 Å². The molecule has 1 fully saturated rings. The van der Waals surface area contributed by atoms with Crippen molar-refractivity contribution in [3.05, 3.63) is 87.9 Å². The zero-order valence-electron chi connectivity index (χ0n) is 19.1. The molecule has 0 spiro atoms. The second-order valence-corrected chi connectivity index (χ2v) is 13.1. The number of anilines is 1. The SMILES string of the molecule is NS(=O)(=O)c1ccc(CCN(C2CC(=O)N(c3ccc(Br)cc3)C2=O)S(=O)(=O)c2ccc(Cl)cc2)cc1. The average Bonchev–Trinajstić information content (AvgIpc) is 3.13. The molecule has 0 bridgehead atoms. The first-order chi connectivity index (χ1) is 17.4. The minimum absolute atomic E-state index is 0.0798. The third kappa shape index (κ3) is 5.95. The molecule has 1 heterocycles. The van der Waals surface area contributed by atoms with Gasteiger partial charge < -0.3 is 0 Å². The van der Waals surface area contributed by atoms with Crippen LogP contribution >= 0.6 is 27.5 Å². The molecule has 0 aromatic heterocycles. The van der Waals surface area contributed by atoms with E-state index >= 15 is 0 Å². The number of benzene rings is 3. The Morgan fingerprint density at radius 1 is 0.892 bits per heavy atom. The van der Waals surface area contributed by atoms with E-state index in [4.69, 9.17) is 16.7 Å². The molecule has 1 atom stereocenters. The summed E-state index contributed by atoms with van der Waals surface area (Å²) in [4.78, 5) is 27.1. The summed E-state index contributed by atoms with van der Waals surface area (Å²) >= 11 is 9.23. The number of hydrogen-bond donors (Lipinski definition) is 1. The van der Waals surface area contributed by atoms with Gasteiger partial charge in [-0.25, -0.2) is 26.9 Å². The summed E-state index contributed by atoms with van der Waals surface area (Å²) in [5.74, 6) is -1.18. The van der Waals surface area contributed by atoms with Gasteiger partial charge >= 0.3 is 0 Å². The van der Waals surface area contributed by atoms with Gasteiger partial charge in [0.15, 0.2) is 0 Å². The summed E-state index contributed by atoms with van der Waals surface area (Å²) < 4.78 is 52.2. The average molecular weight is 627 g/mol. The number of nitrogens with two attached hydrogens (primary N) is 1. The fourth-order valence-electron chi connectivity index (χ4n) is 3.97. The summed E-state index contributed by atoms with van der Waals surface area (Å²) in [6, 6.07) is 16.5. The lowest BCUT2D eigenvalue weighted by Crippen LogP contribution is -2.46. The summed E-state index contributed by atoms with van der Waals surface area (Å²) in [7, 11) is -8.10. The second-order valence-electron chi connectivity index (χ2n) is 8.27. The Kier molecular flexibility index (Phi) is 7.88. The first-order valence-corrected chi connectivity index (χ1v) is 15.1. The highest BCUT2D eigenvalue weighted by Crippen LogP contribution is 2.30. The van der Waals surface area contributed by atoms with Gasteiger partial charge in [-0.3, -0.25) is 9.59 Å². The van der Waals surface area contributed by atoms with Crippen molar-refractivity contribution in [3.63, 3.8) is 0 Å². The maximum absolute atomic E-state index is 13.7. The molecule has 0 radical (unpaired) electrons. The van der Waals surface area contributed by atoms with Gasteiger partial charge in [0.2, 0.25) is 26.0 Å². The first-order valence-electron chi connectivity index (χ1n) is 10.9. The molecule has 9 nitrogen and oxygen atoms in total. The van der Waals surface area contributed by atoms with Crippen molar-refractivity contribution in [1.82, 2.24) is 4.31 Å². The Morgan fingerprint density at radius 2 is 1.46 bits per heavy atom. The number of rotatable bonds is 8. The Labute approximate surface area is 228 Å². The van der Waals surface area contributed by atoms with Crippen LogP contribution in [0.4, 0.5) is 5.69 Å². The van der Waals surface area contributed by atoms with E-state index in [2.05, 4.69) is 15.9 Å². The summed E-state index contributed by atoms with van der Waals surface area (Å²) in [6.07, 6.45) is -0.181. The number of sulfonamides is 2. The smallest absolute Gasteiger partial charge is 0.252 e. The highest BCUT2D eigenvalue weighted by atomic mass is 79.9. The standard InChI is InChI=1S/C24H21BrClN3O6S2/c25-17-3-7-19(8-4-17)29-23(30)15-22(24(29)31)28(37(34,35)21-11-5-18(26)6-12-21)14-13-16-1-9-20(10-2-16)36(27,32)33/h1-12,22H,13-15H2,(H2,27,32,33). The van der Waals surface area contributed by atoms with Crippen LogP contribution in [-0.4, -0.2) is 45.5 Å². The normalized spacial score (nSPS) is 16.5. The predicted octanol–water partition coefficient (Wildman–Crippen LogP) is 3.32. The molecule has 13 heteroatoms. The quantitative estimate of drug-likeness (QED) is 0.381. The van der Waals surface area contributed by atoms with Gasteiger partial charge in [0.1, 0.15) is 6.04 Å². The highest BCUT2D eigenvalue weighted by Gasteiger charge is 2.46. The molecule has 2 amide bonds. The van der Waals surface area contributed by atoms with Gasteiger partial charge in [0.05, 0.1) is 21.9 Å². The van der Waals surface area contributed by atoms with E-state index in [1.807, 2.05) is 0 Å². The number of primary sulfonamides is 1. The van der Waals surface area contributed by atoms with E-state index in [9.17, 15) is 26.4 Å². The van der Waals surface area contributed by atoms with Crippen LogP contribution in [0, 0.1) is 0 Å². The molecule has 1 aliphatic heterocycles. The van der Waals surface area contributed by atoms with Crippen molar-refractivity contribution in [2.24, 2.45) is 5.14 Å². The Morgan fingerprint density at radius 3 is 2.03 bits per heavy atom. The first kappa shape index (κ1) is 27.4. The molecule has 1 saturated heterocycles. The molecule has 1 unspecified atom stereocenters. The van der Waals surface area contributed by atoms with E-state index in [-0.39, 0.29) is 29.2 Å². The molecule has 37 heavy (non-hydrogen) atoms. The number of amides is 2. The van der Waals surface area contributed by atoms with Crippen LogP contribution < -0.4 is 10.0 Å². The minimum atomic E-state index is -4.22. The maximum atomic E-state index is 13.7. The van der Waals surface area contributed by atoms with Crippen LogP contribution in [0.15, 0.2) is 87.1 Å². The van der Waals surface area contributed by atoms with Crippen LogP contribution in [0.25, 0.3) is 0 Å². The largest absolute Gasteiger partial charge is 0.274 e. The van der Waals surface area contributed by atoms with Crippen molar-refractivity contribution in [2.75, 3.05) is 11.4 Å². The zero-order chi connectivity index (χ0) is 27.0. The molecule has 2 N–H and O–H groups in total. The molecule has 3 aromatic carbocycles. The number of imide groups is 1. The molecular formula is C24H21BrClN3O6S2. The second kappa shape index (κ2) is 10.6. The van der Waals surface area contributed by atoms with Crippen LogP contribution in [0.1, 0.15) is 12.0 Å². The van der Waals surface area contributed by atoms with Crippen LogP contribution in [0.3, 0.4) is 0 Å². The predicted molar refractivity (Wildman–Crippen MR) is 142 cm³/mol. The number of carbonyl (C=O) groups is 2. The van der Waals surface area contributed by atoms with E-state index in [1.54, 1.807) is 24.3 Å². The van der Waals surface area contributed by atoms with Gasteiger partial charge in [-0.05, 0) is 72.6 Å². The van der Waals surface area contributed by atoms with E-state index in [0.29, 0.717) is 16.3 Å². The van der Waals surface area contributed by atoms with Crippen molar-refractivity contribution >= 4 is 65.1 Å². The van der Waals surface area contributed by atoms with Crippen LogP contribution in [0.2, 0.25) is 5.02 Å². The molecule has 1 aliphatic rings. The lowest BCUT2D eigenvalue weighted by molar-refractivity contribution is -0.122. The summed E-state index contributed by atoms with van der Waals surface area (Å²) in [5, 5.41) is 5.48. The molecule has 4 rings (SSSR count). The van der Waals surface area contributed by atoms with Crippen molar-refractivity contribution in [1.29, 1.82) is 0 Å². The zero-order valence-corrected chi connectivity index (χ0v) is 23.1. The summed E-state index contributed by atoms with van der Waals surface area (Å²) in [5.41, 5.74) is 0.952. The summed E-state index contributed by atoms with van der Waals surface area (Å²) in [6.45, 7) is -0.141. The number of nitrogens with zero attached hydrogens (tertiary/aromatic N) is 2. The van der Waals surface area contributed by atoms with Gasteiger partial charge in [0, 0.05) is 16.0 Å². The number of halogens is 2. The number of hydrogen-bond acceptors (Lipinski definition) is 6. The van der Waals surface area contributed by atoms with E-state index in [0.717, 1.165) is 13.7 Å². The van der Waals surface area contributed by atoms with E-state index < -0.39 is 37.9 Å². The number of carbonyl (C=O) groups excluding carboxylic acids is 2. The maximum Gasteiger partial charge on any atom is 0.252 e. The third-order valence-corrected chi connectivity index (χ3v) is 9.48. The Hall–Kier alpha value is -2.61. The third-order valence-electron chi connectivity index (χ3n) is 5.85. The molecular weight excluding hydrogens is 606 g/mol. The van der Waals surface area contributed by atoms with Gasteiger partial charge in [0.25, 0.3) is 5.91 Å². The van der Waals surface area contributed by atoms with Crippen molar-refractivity contribution in [2.45, 2.75) is 28.7 Å². The van der Waals surface area contributed by atoms with Crippen LogP contribution in [0.5, 0.6) is 0 Å². The minimum Gasteiger partial charge on any atom is -0.274 e. The van der Waals surface area contributed by atoms with Crippen molar-refractivity contribution in [3.8, 4) is 0 Å². The Bertz CT molecular complexity index is 1550. The lowest BCUT2D eigenvalue weighted by atomic mass is 10.1.